The summed E-state index contributed by atoms with van der Waals surface area (Å²) in [5.41, 5.74) is 0. The van der Waals surface area contributed by atoms with Crippen LogP contribution in [0.4, 0.5) is 4.79 Å². The van der Waals surface area contributed by atoms with Gasteiger partial charge in [-0.2, -0.15) is 0 Å². The van der Waals surface area contributed by atoms with Crippen molar-refractivity contribution in [3.05, 3.63) is 30.3 Å². The molecule has 1 aromatic carbocycles. The Morgan fingerprint density at radius 2 is 2.09 bits per heavy atom. The average Bonchev–Trinajstić information content (AvgIpc) is 3.06. The van der Waals surface area contributed by atoms with Gasteiger partial charge in [0.1, 0.15) is 0 Å². The largest absolute Gasteiger partial charge is 0.376 e. The SMILES string of the molecule is CC[C@@H](CS(=O)(=O)c1ccccc1)NC(=O)NC[C@H]1CCCO1. The van der Waals surface area contributed by atoms with Crippen molar-refractivity contribution in [2.75, 3.05) is 18.9 Å². The Kier molecular flexibility index (Phi) is 6.41. The second kappa shape index (κ2) is 8.31. The van der Waals surface area contributed by atoms with Gasteiger partial charge in [0.05, 0.1) is 16.8 Å². The number of nitrogens with one attached hydrogen (secondary N) is 2. The van der Waals surface area contributed by atoms with Crippen LogP contribution in [0.2, 0.25) is 0 Å². The van der Waals surface area contributed by atoms with Crippen LogP contribution in [0.1, 0.15) is 26.2 Å². The minimum atomic E-state index is -3.42. The van der Waals surface area contributed by atoms with Gasteiger partial charge in [0.15, 0.2) is 9.84 Å². The molecule has 0 saturated carbocycles. The molecule has 128 valence electrons. The second-order valence-electron chi connectivity index (χ2n) is 5.69. The molecule has 23 heavy (non-hydrogen) atoms. The van der Waals surface area contributed by atoms with Gasteiger partial charge in [-0.05, 0) is 31.4 Å². The summed E-state index contributed by atoms with van der Waals surface area (Å²) in [7, 11) is -3.42. The maximum Gasteiger partial charge on any atom is 0.315 e. The standard InChI is InChI=1S/C16H24N2O4S/c1-2-13(12-23(20,21)15-8-4-3-5-9-15)18-16(19)17-11-14-7-6-10-22-14/h3-5,8-9,13-14H,2,6-7,10-12H2,1H3,(H2,17,18,19)/t13-,14+/m0/s1. The highest BCUT2D eigenvalue weighted by Gasteiger charge is 2.22. The van der Waals surface area contributed by atoms with Crippen molar-refractivity contribution in [3.63, 3.8) is 0 Å². The Hall–Kier alpha value is -1.60. The fraction of sp³-hybridized carbons (Fsp3) is 0.562. The molecule has 1 aromatic rings. The van der Waals surface area contributed by atoms with Gasteiger partial charge in [-0.15, -0.1) is 0 Å². The number of hydrogen-bond donors (Lipinski definition) is 2. The van der Waals surface area contributed by atoms with Crippen molar-refractivity contribution >= 4 is 15.9 Å². The van der Waals surface area contributed by atoms with Crippen molar-refractivity contribution in [3.8, 4) is 0 Å². The number of amides is 2. The third-order valence-corrected chi connectivity index (χ3v) is 5.70. The monoisotopic (exact) mass is 340 g/mol. The summed E-state index contributed by atoms with van der Waals surface area (Å²) >= 11 is 0. The van der Waals surface area contributed by atoms with Gasteiger partial charge in [0, 0.05) is 19.2 Å². The first kappa shape index (κ1) is 17.7. The zero-order valence-corrected chi connectivity index (χ0v) is 14.1. The molecule has 1 aliphatic rings. The quantitative estimate of drug-likeness (QED) is 0.791. The Morgan fingerprint density at radius 3 is 2.70 bits per heavy atom. The molecule has 2 N–H and O–H groups in total. The molecule has 1 aliphatic heterocycles. The minimum absolute atomic E-state index is 0.0638. The maximum absolute atomic E-state index is 12.4. The van der Waals surface area contributed by atoms with Gasteiger partial charge in [0.25, 0.3) is 0 Å². The van der Waals surface area contributed by atoms with Crippen LogP contribution in [0, 0.1) is 0 Å². The molecule has 2 rings (SSSR count). The van der Waals surface area contributed by atoms with E-state index >= 15 is 0 Å². The van der Waals surface area contributed by atoms with E-state index in [4.69, 9.17) is 4.74 Å². The number of benzene rings is 1. The highest BCUT2D eigenvalue weighted by atomic mass is 32.2. The molecule has 2 atom stereocenters. The van der Waals surface area contributed by atoms with Crippen molar-refractivity contribution in [1.29, 1.82) is 0 Å². The molecule has 1 saturated heterocycles. The number of carbonyl (C=O) groups excluding carboxylic acids is 1. The Labute approximate surface area is 137 Å². The molecular formula is C16H24N2O4S. The van der Waals surface area contributed by atoms with Gasteiger partial charge < -0.3 is 15.4 Å². The average molecular weight is 340 g/mol. The Balaban J connectivity index is 1.85. The van der Waals surface area contributed by atoms with Crippen LogP contribution < -0.4 is 10.6 Å². The zero-order valence-electron chi connectivity index (χ0n) is 13.3. The van der Waals surface area contributed by atoms with E-state index in [2.05, 4.69) is 10.6 Å². The van der Waals surface area contributed by atoms with E-state index in [1.165, 1.54) is 0 Å². The summed E-state index contributed by atoms with van der Waals surface area (Å²) in [5.74, 6) is -0.110. The lowest BCUT2D eigenvalue weighted by atomic mass is 10.2. The van der Waals surface area contributed by atoms with Crippen molar-refractivity contribution in [1.82, 2.24) is 10.6 Å². The van der Waals surface area contributed by atoms with Crippen LogP contribution in [0.25, 0.3) is 0 Å². The van der Waals surface area contributed by atoms with Crippen LogP contribution in [-0.4, -0.2) is 45.5 Å². The predicted octanol–water partition coefficient (Wildman–Crippen LogP) is 1.72. The van der Waals surface area contributed by atoms with E-state index in [1.807, 2.05) is 6.92 Å². The molecule has 0 spiro atoms. The Morgan fingerprint density at radius 1 is 1.35 bits per heavy atom. The first-order valence-electron chi connectivity index (χ1n) is 7.95. The predicted molar refractivity (Wildman–Crippen MR) is 88.1 cm³/mol. The van der Waals surface area contributed by atoms with Crippen molar-refractivity contribution < 1.29 is 17.9 Å². The van der Waals surface area contributed by atoms with E-state index in [9.17, 15) is 13.2 Å². The fourth-order valence-corrected chi connectivity index (χ4v) is 4.11. The highest BCUT2D eigenvalue weighted by molar-refractivity contribution is 7.91. The first-order chi connectivity index (χ1) is 11.0. The lowest BCUT2D eigenvalue weighted by Gasteiger charge is -2.18. The Bertz CT molecular complexity index is 598. The molecule has 1 heterocycles. The first-order valence-corrected chi connectivity index (χ1v) is 9.60. The molecule has 0 aromatic heterocycles. The molecule has 0 radical (unpaired) electrons. The van der Waals surface area contributed by atoms with Crippen LogP contribution in [0.5, 0.6) is 0 Å². The molecule has 7 heteroatoms. The number of urea groups is 1. The summed E-state index contributed by atoms with van der Waals surface area (Å²) in [6.45, 7) is 3.04. The van der Waals surface area contributed by atoms with Gasteiger partial charge in [-0.1, -0.05) is 25.1 Å². The lowest BCUT2D eigenvalue weighted by Crippen LogP contribution is -2.46. The van der Waals surface area contributed by atoms with Gasteiger partial charge in [-0.25, -0.2) is 13.2 Å². The second-order valence-corrected chi connectivity index (χ2v) is 7.72. The minimum Gasteiger partial charge on any atom is -0.376 e. The van der Waals surface area contributed by atoms with Gasteiger partial charge in [0.2, 0.25) is 0 Å². The smallest absolute Gasteiger partial charge is 0.315 e. The van der Waals surface area contributed by atoms with E-state index in [-0.39, 0.29) is 22.8 Å². The van der Waals surface area contributed by atoms with E-state index in [0.29, 0.717) is 13.0 Å². The number of carbonyl (C=O) groups is 1. The fourth-order valence-electron chi connectivity index (χ4n) is 2.50. The molecule has 0 bridgehead atoms. The summed E-state index contributed by atoms with van der Waals surface area (Å²) in [6.07, 6.45) is 2.56. The topological polar surface area (TPSA) is 84.5 Å². The summed E-state index contributed by atoms with van der Waals surface area (Å²) < 4.78 is 30.2. The van der Waals surface area contributed by atoms with Gasteiger partial charge in [-0.3, -0.25) is 0 Å². The molecule has 2 amide bonds. The summed E-state index contributed by atoms with van der Waals surface area (Å²) in [4.78, 5) is 12.2. The van der Waals surface area contributed by atoms with Crippen LogP contribution in [0.3, 0.4) is 0 Å². The van der Waals surface area contributed by atoms with E-state index in [0.717, 1.165) is 19.4 Å². The maximum atomic E-state index is 12.4. The van der Waals surface area contributed by atoms with Crippen LogP contribution >= 0.6 is 0 Å². The molecule has 0 unspecified atom stereocenters. The normalized spacial score (nSPS) is 19.3. The van der Waals surface area contributed by atoms with Crippen molar-refractivity contribution in [2.45, 2.75) is 43.2 Å². The number of hydrogen-bond acceptors (Lipinski definition) is 4. The van der Waals surface area contributed by atoms with Crippen LogP contribution in [-0.2, 0) is 14.6 Å². The van der Waals surface area contributed by atoms with E-state index in [1.54, 1.807) is 30.3 Å². The van der Waals surface area contributed by atoms with Crippen molar-refractivity contribution in [2.24, 2.45) is 0 Å². The number of sulfone groups is 1. The molecule has 0 aliphatic carbocycles. The van der Waals surface area contributed by atoms with Gasteiger partial charge >= 0.3 is 6.03 Å². The van der Waals surface area contributed by atoms with E-state index < -0.39 is 15.9 Å². The number of ether oxygens (including phenoxy) is 1. The molecular weight excluding hydrogens is 316 g/mol. The number of rotatable bonds is 7. The third kappa shape index (κ3) is 5.51. The zero-order chi connectivity index (χ0) is 16.7. The summed E-state index contributed by atoms with van der Waals surface area (Å²) in [6, 6.07) is 7.51. The summed E-state index contributed by atoms with van der Waals surface area (Å²) in [5, 5.41) is 5.48. The third-order valence-electron chi connectivity index (χ3n) is 3.87. The lowest BCUT2D eigenvalue weighted by molar-refractivity contribution is 0.111. The highest BCUT2D eigenvalue weighted by Crippen LogP contribution is 2.13. The molecule has 1 fully saturated rings. The molecule has 6 nitrogen and oxygen atoms in total. The van der Waals surface area contributed by atoms with Crippen LogP contribution in [0.15, 0.2) is 35.2 Å².